The van der Waals surface area contributed by atoms with E-state index >= 15 is 0 Å². The van der Waals surface area contributed by atoms with Crippen molar-refractivity contribution in [2.24, 2.45) is 10.7 Å². The third-order valence-electron chi connectivity index (χ3n) is 2.97. The molecule has 2 aromatic rings. The molecule has 5 heteroatoms. The van der Waals surface area contributed by atoms with Crippen molar-refractivity contribution in [1.82, 2.24) is 0 Å². The first-order chi connectivity index (χ1) is 8.59. The van der Waals surface area contributed by atoms with Crippen molar-refractivity contribution >= 4 is 28.5 Å². The summed E-state index contributed by atoms with van der Waals surface area (Å²) >= 11 is 0. The van der Waals surface area contributed by atoms with Gasteiger partial charge in [-0.1, -0.05) is 24.3 Å². The number of carboxylic acid groups (broad SMARTS) is 1. The number of amides is 1. The zero-order valence-electron chi connectivity index (χ0n) is 9.18. The summed E-state index contributed by atoms with van der Waals surface area (Å²) in [4.78, 5) is 26.6. The molecule has 0 saturated heterocycles. The van der Waals surface area contributed by atoms with Gasteiger partial charge in [-0.25, -0.2) is 4.79 Å². The fourth-order valence-electron chi connectivity index (χ4n) is 2.23. The number of fused-ring (bicyclic) bond motifs is 3. The van der Waals surface area contributed by atoms with E-state index in [1.165, 1.54) is 6.07 Å². The maximum atomic E-state index is 11.7. The maximum Gasteiger partial charge on any atom is 0.336 e. The number of nitrogens with zero attached hydrogens (tertiary/aromatic N) is 1. The Hall–Kier alpha value is -2.69. The van der Waals surface area contributed by atoms with Crippen LogP contribution in [-0.2, 0) is 0 Å². The Morgan fingerprint density at radius 2 is 1.94 bits per heavy atom. The Kier molecular flexibility index (Phi) is 1.98. The van der Waals surface area contributed by atoms with Crippen LogP contribution in [0.4, 0.5) is 0 Å². The lowest BCUT2D eigenvalue weighted by atomic mass is 9.94. The highest BCUT2D eigenvalue weighted by Gasteiger charge is 2.29. The van der Waals surface area contributed by atoms with Crippen molar-refractivity contribution in [3.63, 3.8) is 0 Å². The second-order valence-electron chi connectivity index (χ2n) is 4.00. The van der Waals surface area contributed by atoms with E-state index in [9.17, 15) is 9.59 Å². The summed E-state index contributed by atoms with van der Waals surface area (Å²) in [5, 5.41) is 10.6. The molecule has 0 unspecified atom stereocenters. The van der Waals surface area contributed by atoms with Crippen LogP contribution < -0.4 is 5.73 Å². The van der Waals surface area contributed by atoms with Gasteiger partial charge in [-0.05, 0) is 16.8 Å². The Morgan fingerprint density at radius 1 is 1.22 bits per heavy atom. The van der Waals surface area contributed by atoms with Crippen molar-refractivity contribution in [2.75, 3.05) is 0 Å². The number of nitrogens with two attached hydrogens (primary N) is 1. The summed E-state index contributed by atoms with van der Waals surface area (Å²) < 4.78 is 0. The van der Waals surface area contributed by atoms with Crippen LogP contribution in [0.2, 0.25) is 0 Å². The number of aromatic carboxylic acids is 1. The minimum absolute atomic E-state index is 0.0575. The topological polar surface area (TPSA) is 92.8 Å². The number of carbonyl (C=O) groups excluding carboxylic acids is 1. The van der Waals surface area contributed by atoms with Gasteiger partial charge in [0.15, 0.2) is 0 Å². The molecule has 18 heavy (non-hydrogen) atoms. The molecule has 0 aliphatic carbocycles. The van der Waals surface area contributed by atoms with Crippen LogP contribution in [0.3, 0.4) is 0 Å². The zero-order valence-corrected chi connectivity index (χ0v) is 9.18. The third kappa shape index (κ3) is 1.24. The predicted octanol–water partition coefficient (Wildman–Crippen LogP) is 1.40. The molecule has 0 spiro atoms. The number of hydrogen-bond acceptors (Lipinski definition) is 3. The number of amidine groups is 1. The largest absolute Gasteiger partial charge is 0.478 e. The smallest absolute Gasteiger partial charge is 0.336 e. The summed E-state index contributed by atoms with van der Waals surface area (Å²) in [6.07, 6.45) is 0. The van der Waals surface area contributed by atoms with Crippen LogP contribution in [0.15, 0.2) is 35.3 Å². The van der Waals surface area contributed by atoms with Crippen LogP contribution >= 0.6 is 0 Å². The van der Waals surface area contributed by atoms with E-state index in [1.54, 1.807) is 24.3 Å². The summed E-state index contributed by atoms with van der Waals surface area (Å²) in [6.45, 7) is 0. The first kappa shape index (κ1) is 10.5. The quantitative estimate of drug-likeness (QED) is 0.787. The maximum absolute atomic E-state index is 11.7. The molecule has 0 radical (unpaired) electrons. The van der Waals surface area contributed by atoms with Crippen molar-refractivity contribution in [1.29, 1.82) is 0 Å². The molecule has 3 N–H and O–H groups in total. The summed E-state index contributed by atoms with van der Waals surface area (Å²) in [5.41, 5.74) is 6.16. The lowest BCUT2D eigenvalue weighted by Crippen LogP contribution is -2.13. The molecule has 1 aliphatic rings. The number of benzene rings is 2. The van der Waals surface area contributed by atoms with Crippen molar-refractivity contribution in [3.8, 4) is 0 Å². The number of aliphatic imine (C=N–C) groups is 1. The fourth-order valence-corrected chi connectivity index (χ4v) is 2.23. The van der Waals surface area contributed by atoms with Gasteiger partial charge in [-0.15, -0.1) is 0 Å². The molecule has 3 rings (SSSR count). The van der Waals surface area contributed by atoms with Gasteiger partial charge in [-0.2, -0.15) is 4.99 Å². The third-order valence-corrected chi connectivity index (χ3v) is 2.97. The van der Waals surface area contributed by atoms with Gasteiger partial charge in [0.25, 0.3) is 5.91 Å². The highest BCUT2D eigenvalue weighted by molar-refractivity contribution is 6.28. The van der Waals surface area contributed by atoms with Crippen LogP contribution in [0.1, 0.15) is 26.3 Å². The van der Waals surface area contributed by atoms with Crippen molar-refractivity contribution in [2.45, 2.75) is 0 Å². The van der Waals surface area contributed by atoms with Gasteiger partial charge in [-0.3, -0.25) is 4.79 Å². The Balaban J connectivity index is 2.53. The SMILES string of the molecule is NC1=NC(=O)c2c(C(=O)O)cc3ccccc3c21. The molecule has 0 aromatic heterocycles. The number of carbonyl (C=O) groups is 2. The lowest BCUT2D eigenvalue weighted by Gasteiger charge is -2.07. The average molecular weight is 240 g/mol. The average Bonchev–Trinajstić information content (AvgIpc) is 2.64. The molecule has 5 nitrogen and oxygen atoms in total. The number of carboxylic acids is 1. The molecular weight excluding hydrogens is 232 g/mol. The first-order valence-corrected chi connectivity index (χ1v) is 5.27. The van der Waals surface area contributed by atoms with Gasteiger partial charge in [0.2, 0.25) is 0 Å². The number of rotatable bonds is 1. The first-order valence-electron chi connectivity index (χ1n) is 5.27. The standard InChI is InChI=1S/C13H8N2O3/c14-11-9-7-4-2-1-3-6(7)5-8(13(17)18)10(9)12(16)15-11/h1-5H,(H,17,18)(H2,14,15,16). The van der Waals surface area contributed by atoms with Gasteiger partial charge in [0.1, 0.15) is 5.84 Å². The van der Waals surface area contributed by atoms with E-state index in [4.69, 9.17) is 10.8 Å². The molecule has 1 amide bonds. The fraction of sp³-hybridized carbons (Fsp3) is 0. The van der Waals surface area contributed by atoms with Gasteiger partial charge in [0, 0.05) is 5.56 Å². The molecule has 0 saturated carbocycles. The van der Waals surface area contributed by atoms with E-state index in [0.717, 1.165) is 10.8 Å². The van der Waals surface area contributed by atoms with E-state index < -0.39 is 11.9 Å². The molecule has 0 bridgehead atoms. The molecule has 2 aromatic carbocycles. The van der Waals surface area contributed by atoms with E-state index in [-0.39, 0.29) is 17.0 Å². The Labute approximate surface area is 102 Å². The number of hydrogen-bond donors (Lipinski definition) is 2. The van der Waals surface area contributed by atoms with Crippen LogP contribution in [0, 0.1) is 0 Å². The van der Waals surface area contributed by atoms with E-state index in [0.29, 0.717) is 5.56 Å². The van der Waals surface area contributed by atoms with Crippen LogP contribution in [-0.4, -0.2) is 22.8 Å². The molecule has 0 atom stereocenters. The molecular formula is C13H8N2O3. The minimum Gasteiger partial charge on any atom is -0.478 e. The predicted molar refractivity (Wildman–Crippen MR) is 66.0 cm³/mol. The van der Waals surface area contributed by atoms with Crippen molar-refractivity contribution < 1.29 is 14.7 Å². The van der Waals surface area contributed by atoms with Crippen LogP contribution in [0.25, 0.3) is 10.8 Å². The minimum atomic E-state index is -1.16. The normalized spacial score (nSPS) is 13.6. The Bertz CT molecular complexity index is 747. The zero-order chi connectivity index (χ0) is 12.9. The molecule has 1 aliphatic heterocycles. The summed E-state index contributed by atoms with van der Waals surface area (Å²) in [7, 11) is 0. The molecule has 1 heterocycles. The molecule has 88 valence electrons. The summed E-state index contributed by atoms with van der Waals surface area (Å²) in [6, 6.07) is 8.64. The van der Waals surface area contributed by atoms with Gasteiger partial charge in [0.05, 0.1) is 11.1 Å². The molecule has 0 fully saturated rings. The highest BCUT2D eigenvalue weighted by Crippen LogP contribution is 2.30. The monoisotopic (exact) mass is 240 g/mol. The van der Waals surface area contributed by atoms with Crippen molar-refractivity contribution in [3.05, 3.63) is 47.0 Å². The second-order valence-corrected chi connectivity index (χ2v) is 4.00. The van der Waals surface area contributed by atoms with Gasteiger partial charge < -0.3 is 10.8 Å². The second kappa shape index (κ2) is 3.40. The van der Waals surface area contributed by atoms with E-state index in [1.807, 2.05) is 0 Å². The summed E-state index contributed by atoms with van der Waals surface area (Å²) in [5.74, 6) is -1.67. The van der Waals surface area contributed by atoms with Crippen LogP contribution in [0.5, 0.6) is 0 Å². The van der Waals surface area contributed by atoms with Gasteiger partial charge >= 0.3 is 5.97 Å². The highest BCUT2D eigenvalue weighted by atomic mass is 16.4. The van der Waals surface area contributed by atoms with E-state index in [2.05, 4.69) is 4.99 Å². The lowest BCUT2D eigenvalue weighted by molar-refractivity contribution is 0.0692. The Morgan fingerprint density at radius 3 is 2.67 bits per heavy atom.